The van der Waals surface area contributed by atoms with Gasteiger partial charge in [0.05, 0.1) is 41.9 Å². The normalized spacial score (nSPS) is 11.3. The molecule has 3 aromatic rings. The molecule has 0 spiro atoms. The molecule has 0 atom stereocenters. The summed E-state index contributed by atoms with van der Waals surface area (Å²) in [6.45, 7) is -0.145. The van der Waals surface area contributed by atoms with Gasteiger partial charge in [-0.3, -0.25) is 9.10 Å². The minimum atomic E-state index is -3.79. The van der Waals surface area contributed by atoms with Gasteiger partial charge in [-0.2, -0.15) is 5.10 Å². The summed E-state index contributed by atoms with van der Waals surface area (Å²) in [5.41, 5.74) is 4.17. The number of methoxy groups -OCH3 is 2. The molecular weight excluding hydrogens is 586 g/mol. The molecule has 9 nitrogen and oxygen atoms in total. The van der Waals surface area contributed by atoms with Gasteiger partial charge in [0.25, 0.3) is 5.91 Å². The minimum Gasteiger partial charge on any atom is -0.495 e. The number of carbonyl (C=O) groups excluding carboxylic acids is 1. The second-order valence-corrected chi connectivity index (χ2v) is 10.9. The van der Waals surface area contributed by atoms with Crippen molar-refractivity contribution in [3.8, 4) is 17.2 Å². The molecule has 12 heteroatoms. The number of anilines is 1. The number of halogens is 2. The second-order valence-electron chi connectivity index (χ2n) is 7.69. The van der Waals surface area contributed by atoms with E-state index in [1.807, 2.05) is 30.3 Å². The van der Waals surface area contributed by atoms with Crippen LogP contribution in [0.15, 0.2) is 70.2 Å². The number of nitrogens with zero attached hydrogens (tertiary/aromatic N) is 2. The molecule has 0 fully saturated rings. The Kier molecular flexibility index (Phi) is 9.79. The number of benzene rings is 3. The fourth-order valence-electron chi connectivity index (χ4n) is 3.24. The Morgan fingerprint density at radius 2 is 1.78 bits per heavy atom. The van der Waals surface area contributed by atoms with E-state index in [2.05, 4.69) is 26.5 Å². The average Bonchev–Trinajstić information content (AvgIpc) is 2.86. The van der Waals surface area contributed by atoms with Crippen LogP contribution in [-0.2, 0) is 21.4 Å². The standard InChI is InChI=1S/C25H25BrClN3O6S/c1-34-22-10-9-19(13-21(22)27)30(37(3,32)33)15-24(31)29-28-14-18-11-20(26)25(23(12-18)35-2)36-16-17-7-5-4-6-8-17/h4-14H,15-16H2,1-3H3,(H,29,31)/b28-14-. The van der Waals surface area contributed by atoms with Crippen LogP contribution in [0.3, 0.4) is 0 Å². The molecule has 1 amide bonds. The molecule has 196 valence electrons. The summed E-state index contributed by atoms with van der Waals surface area (Å²) in [6.07, 6.45) is 2.40. The predicted molar refractivity (Wildman–Crippen MR) is 147 cm³/mol. The first-order valence-electron chi connectivity index (χ1n) is 10.8. The molecule has 0 radical (unpaired) electrons. The number of nitrogens with one attached hydrogen (secondary N) is 1. The maximum atomic E-state index is 12.5. The quantitative estimate of drug-likeness (QED) is 0.251. The number of carbonyl (C=O) groups is 1. The number of hydrazone groups is 1. The zero-order valence-corrected chi connectivity index (χ0v) is 23.4. The van der Waals surface area contributed by atoms with Crippen molar-refractivity contribution in [1.82, 2.24) is 5.43 Å². The molecule has 3 aromatic carbocycles. The van der Waals surface area contributed by atoms with E-state index < -0.39 is 22.5 Å². The van der Waals surface area contributed by atoms with Gasteiger partial charge >= 0.3 is 0 Å². The third kappa shape index (κ3) is 7.85. The summed E-state index contributed by atoms with van der Waals surface area (Å²) in [4.78, 5) is 12.5. The van der Waals surface area contributed by atoms with E-state index in [-0.39, 0.29) is 10.7 Å². The Hall–Kier alpha value is -3.28. The lowest BCUT2D eigenvalue weighted by molar-refractivity contribution is -0.119. The van der Waals surface area contributed by atoms with Crippen LogP contribution in [0.2, 0.25) is 5.02 Å². The van der Waals surface area contributed by atoms with Crippen LogP contribution in [0.4, 0.5) is 5.69 Å². The summed E-state index contributed by atoms with van der Waals surface area (Å²) in [6, 6.07) is 17.6. The number of rotatable bonds is 11. The maximum Gasteiger partial charge on any atom is 0.260 e. The Bertz CT molecular complexity index is 1390. The van der Waals surface area contributed by atoms with E-state index in [1.165, 1.54) is 38.6 Å². The van der Waals surface area contributed by atoms with E-state index in [1.54, 1.807) is 12.1 Å². The van der Waals surface area contributed by atoms with Crippen molar-refractivity contribution < 1.29 is 27.4 Å². The SMILES string of the molecule is COc1ccc(N(CC(=O)N/N=C\c2cc(Br)c(OCc3ccccc3)c(OC)c2)S(C)(=O)=O)cc1Cl. The molecule has 3 rings (SSSR count). The molecule has 0 heterocycles. The first-order valence-corrected chi connectivity index (χ1v) is 13.8. The topological polar surface area (TPSA) is 107 Å². The fraction of sp³-hybridized carbons (Fsp3) is 0.200. The van der Waals surface area contributed by atoms with Gasteiger partial charge in [-0.1, -0.05) is 41.9 Å². The third-order valence-corrected chi connectivity index (χ3v) is 7.02. The van der Waals surface area contributed by atoms with Gasteiger partial charge in [0, 0.05) is 0 Å². The monoisotopic (exact) mass is 609 g/mol. The van der Waals surface area contributed by atoms with E-state index >= 15 is 0 Å². The lowest BCUT2D eigenvalue weighted by Gasteiger charge is -2.22. The third-order valence-electron chi connectivity index (χ3n) is 4.99. The molecule has 0 aromatic heterocycles. The van der Waals surface area contributed by atoms with Crippen LogP contribution in [0.5, 0.6) is 17.2 Å². The van der Waals surface area contributed by atoms with Crippen molar-refractivity contribution >= 4 is 55.4 Å². The van der Waals surface area contributed by atoms with Crippen LogP contribution in [0, 0.1) is 0 Å². The Balaban J connectivity index is 1.69. The lowest BCUT2D eigenvalue weighted by atomic mass is 10.2. The summed E-state index contributed by atoms with van der Waals surface area (Å²) in [5.74, 6) is 0.723. The van der Waals surface area contributed by atoms with Crippen LogP contribution in [0.1, 0.15) is 11.1 Å². The van der Waals surface area contributed by atoms with E-state index in [4.69, 9.17) is 25.8 Å². The van der Waals surface area contributed by atoms with Gasteiger partial charge in [-0.25, -0.2) is 13.8 Å². The van der Waals surface area contributed by atoms with Crippen molar-refractivity contribution in [2.24, 2.45) is 5.10 Å². The summed E-state index contributed by atoms with van der Waals surface area (Å²) in [7, 11) is -0.824. The molecule has 1 N–H and O–H groups in total. The van der Waals surface area contributed by atoms with Crippen molar-refractivity contribution in [3.05, 3.63) is 81.3 Å². The van der Waals surface area contributed by atoms with E-state index in [9.17, 15) is 13.2 Å². The summed E-state index contributed by atoms with van der Waals surface area (Å²) in [5, 5.41) is 4.16. The molecule has 0 aliphatic heterocycles. The predicted octanol–water partition coefficient (Wildman–Crippen LogP) is 4.62. The molecule has 37 heavy (non-hydrogen) atoms. The molecule has 0 aliphatic rings. The highest BCUT2D eigenvalue weighted by Gasteiger charge is 2.22. The molecule has 0 aliphatic carbocycles. The lowest BCUT2D eigenvalue weighted by Crippen LogP contribution is -2.39. The van der Waals surface area contributed by atoms with Gasteiger partial charge in [-0.15, -0.1) is 0 Å². The van der Waals surface area contributed by atoms with E-state index in [0.29, 0.717) is 33.9 Å². The number of hydrogen-bond donors (Lipinski definition) is 1. The molecular formula is C25H25BrClN3O6S. The summed E-state index contributed by atoms with van der Waals surface area (Å²) >= 11 is 9.60. The van der Waals surface area contributed by atoms with Gasteiger partial charge in [0.1, 0.15) is 18.9 Å². The van der Waals surface area contributed by atoms with Gasteiger partial charge in [-0.05, 0) is 57.4 Å². The number of ether oxygens (including phenoxy) is 3. The van der Waals surface area contributed by atoms with E-state index in [0.717, 1.165) is 16.1 Å². The largest absolute Gasteiger partial charge is 0.495 e. The van der Waals surface area contributed by atoms with Gasteiger partial charge in [0.15, 0.2) is 11.5 Å². The number of sulfonamides is 1. The van der Waals surface area contributed by atoms with Crippen molar-refractivity contribution in [1.29, 1.82) is 0 Å². The molecule has 0 unspecified atom stereocenters. The van der Waals surface area contributed by atoms with Crippen molar-refractivity contribution in [3.63, 3.8) is 0 Å². The zero-order chi connectivity index (χ0) is 27.0. The fourth-order valence-corrected chi connectivity index (χ4v) is 4.91. The zero-order valence-electron chi connectivity index (χ0n) is 20.3. The van der Waals surface area contributed by atoms with Gasteiger partial charge < -0.3 is 14.2 Å². The van der Waals surface area contributed by atoms with Crippen LogP contribution < -0.4 is 23.9 Å². The first kappa shape index (κ1) is 28.3. The summed E-state index contributed by atoms with van der Waals surface area (Å²) < 4.78 is 42.6. The first-order chi connectivity index (χ1) is 17.6. The smallest absolute Gasteiger partial charge is 0.260 e. The highest BCUT2D eigenvalue weighted by molar-refractivity contribution is 9.10. The van der Waals surface area contributed by atoms with Crippen LogP contribution in [-0.4, -0.2) is 47.6 Å². The van der Waals surface area contributed by atoms with Crippen LogP contribution >= 0.6 is 27.5 Å². The highest BCUT2D eigenvalue weighted by atomic mass is 79.9. The van der Waals surface area contributed by atoms with Crippen molar-refractivity contribution in [2.75, 3.05) is 31.3 Å². The Labute approximate surface area is 229 Å². The van der Waals surface area contributed by atoms with Crippen molar-refractivity contribution in [2.45, 2.75) is 6.61 Å². The molecule has 0 saturated heterocycles. The average molecular weight is 611 g/mol. The number of amides is 1. The Morgan fingerprint density at radius 3 is 2.41 bits per heavy atom. The van der Waals surface area contributed by atoms with Crippen LogP contribution in [0.25, 0.3) is 0 Å². The number of hydrogen-bond acceptors (Lipinski definition) is 7. The molecule has 0 bridgehead atoms. The van der Waals surface area contributed by atoms with Gasteiger partial charge in [0.2, 0.25) is 10.0 Å². The maximum absolute atomic E-state index is 12.5. The Morgan fingerprint density at radius 1 is 1.08 bits per heavy atom. The second kappa shape index (κ2) is 12.8. The minimum absolute atomic E-state index is 0.211. The molecule has 0 saturated carbocycles. The highest BCUT2D eigenvalue weighted by Crippen LogP contribution is 2.37.